The zero-order valence-corrected chi connectivity index (χ0v) is 10.6. The molecule has 5 nitrogen and oxygen atoms in total. The molecule has 1 rings (SSSR count). The van der Waals surface area contributed by atoms with Gasteiger partial charge in [-0.15, -0.1) is 0 Å². The predicted molar refractivity (Wildman–Crippen MR) is 64.7 cm³/mol. The molecule has 1 amide bonds. The zero-order valence-electron chi connectivity index (χ0n) is 10.6. The van der Waals surface area contributed by atoms with Crippen LogP contribution in [-0.4, -0.2) is 47.1 Å². The Morgan fingerprint density at radius 2 is 2.12 bits per heavy atom. The number of piperidine rings is 1. The summed E-state index contributed by atoms with van der Waals surface area (Å²) in [6.07, 6.45) is 3.04. The van der Waals surface area contributed by atoms with E-state index in [1.54, 1.807) is 4.90 Å². The number of hydrogen-bond acceptors (Lipinski definition) is 3. The fourth-order valence-corrected chi connectivity index (χ4v) is 2.10. The summed E-state index contributed by atoms with van der Waals surface area (Å²) in [5.74, 6) is -0.819. The van der Waals surface area contributed by atoms with E-state index in [9.17, 15) is 9.59 Å². The minimum atomic E-state index is -0.861. The summed E-state index contributed by atoms with van der Waals surface area (Å²) in [7, 11) is 0. The zero-order chi connectivity index (χ0) is 12.8. The van der Waals surface area contributed by atoms with Crippen molar-refractivity contribution < 1.29 is 14.7 Å². The maximum Gasteiger partial charge on any atom is 0.305 e. The first-order valence-corrected chi connectivity index (χ1v) is 6.28. The Balaban J connectivity index is 2.55. The smallest absolute Gasteiger partial charge is 0.305 e. The number of carbonyl (C=O) groups excluding carboxylic acids is 1. The van der Waals surface area contributed by atoms with Gasteiger partial charge in [-0.25, -0.2) is 0 Å². The van der Waals surface area contributed by atoms with Crippen molar-refractivity contribution in [3.05, 3.63) is 0 Å². The lowest BCUT2D eigenvalue weighted by Crippen LogP contribution is -2.51. The van der Waals surface area contributed by atoms with E-state index in [4.69, 9.17) is 5.11 Å². The van der Waals surface area contributed by atoms with Crippen molar-refractivity contribution in [1.29, 1.82) is 0 Å². The van der Waals surface area contributed by atoms with Crippen LogP contribution in [0.3, 0.4) is 0 Å². The van der Waals surface area contributed by atoms with E-state index in [0.29, 0.717) is 6.54 Å². The first-order chi connectivity index (χ1) is 8.02. The molecule has 0 aliphatic carbocycles. The van der Waals surface area contributed by atoms with Crippen molar-refractivity contribution in [3.63, 3.8) is 0 Å². The van der Waals surface area contributed by atoms with Gasteiger partial charge in [0.1, 0.15) is 0 Å². The van der Waals surface area contributed by atoms with Gasteiger partial charge in [0.15, 0.2) is 0 Å². The van der Waals surface area contributed by atoms with Gasteiger partial charge in [0.2, 0.25) is 5.91 Å². The van der Waals surface area contributed by atoms with Crippen LogP contribution < -0.4 is 5.32 Å². The molecule has 1 atom stereocenters. The second-order valence-corrected chi connectivity index (χ2v) is 4.77. The molecule has 1 aliphatic heterocycles. The Morgan fingerprint density at radius 3 is 2.59 bits per heavy atom. The summed E-state index contributed by atoms with van der Waals surface area (Å²) in [6, 6.07) is -0.0782. The summed E-state index contributed by atoms with van der Waals surface area (Å²) in [4.78, 5) is 24.5. The molecule has 1 aliphatic rings. The number of nitrogens with one attached hydrogen (secondary N) is 1. The maximum absolute atomic E-state index is 12.2. The third-order valence-electron chi connectivity index (χ3n) is 3.08. The number of hydrogen-bond donors (Lipinski definition) is 2. The van der Waals surface area contributed by atoms with E-state index in [-0.39, 0.29) is 24.4 Å². The van der Waals surface area contributed by atoms with E-state index in [1.165, 1.54) is 0 Å². The van der Waals surface area contributed by atoms with E-state index in [2.05, 4.69) is 5.32 Å². The van der Waals surface area contributed by atoms with Gasteiger partial charge in [0.25, 0.3) is 0 Å². The third kappa shape index (κ3) is 4.34. The lowest BCUT2D eigenvalue weighted by Gasteiger charge is -2.32. The van der Waals surface area contributed by atoms with Crippen molar-refractivity contribution in [1.82, 2.24) is 10.2 Å². The predicted octanol–water partition coefficient (Wildman–Crippen LogP) is 0.840. The molecule has 0 radical (unpaired) electrons. The molecule has 17 heavy (non-hydrogen) atoms. The molecule has 2 N–H and O–H groups in total. The summed E-state index contributed by atoms with van der Waals surface area (Å²) < 4.78 is 0. The summed E-state index contributed by atoms with van der Waals surface area (Å²) in [6.45, 7) is 5.01. The monoisotopic (exact) mass is 242 g/mol. The quantitative estimate of drug-likeness (QED) is 0.749. The average molecular weight is 242 g/mol. The van der Waals surface area contributed by atoms with Crippen LogP contribution >= 0.6 is 0 Å². The molecule has 1 saturated heterocycles. The molecule has 0 unspecified atom stereocenters. The highest BCUT2D eigenvalue weighted by Gasteiger charge is 2.27. The minimum absolute atomic E-state index is 0.0106. The van der Waals surface area contributed by atoms with Crippen molar-refractivity contribution in [3.8, 4) is 0 Å². The van der Waals surface area contributed by atoms with E-state index in [0.717, 1.165) is 25.8 Å². The van der Waals surface area contributed by atoms with Crippen LogP contribution in [0.2, 0.25) is 0 Å². The van der Waals surface area contributed by atoms with Gasteiger partial charge >= 0.3 is 5.97 Å². The molecule has 0 saturated carbocycles. The highest BCUT2D eigenvalue weighted by molar-refractivity contribution is 5.82. The average Bonchev–Trinajstić information content (AvgIpc) is 2.29. The Kier molecular flexibility index (Phi) is 5.41. The second kappa shape index (κ2) is 6.59. The highest BCUT2D eigenvalue weighted by atomic mass is 16.4. The lowest BCUT2D eigenvalue weighted by molar-refractivity contribution is -0.140. The SMILES string of the molecule is CC(C)N(CCC(=O)O)C(=O)[C@H]1CCCCN1. The van der Waals surface area contributed by atoms with Crippen LogP contribution in [0.1, 0.15) is 39.5 Å². The number of carbonyl (C=O) groups is 2. The molecule has 98 valence electrons. The largest absolute Gasteiger partial charge is 0.481 e. The standard InChI is InChI=1S/C12H22N2O3/c1-9(2)14(8-6-11(15)16)12(17)10-5-3-4-7-13-10/h9-10,13H,3-8H2,1-2H3,(H,15,16)/t10-/m1/s1. The van der Waals surface area contributed by atoms with Crippen molar-refractivity contribution in [2.24, 2.45) is 0 Å². The second-order valence-electron chi connectivity index (χ2n) is 4.77. The summed E-state index contributed by atoms with van der Waals surface area (Å²) >= 11 is 0. The first kappa shape index (κ1) is 14.0. The molecular formula is C12H22N2O3. The van der Waals surface area contributed by atoms with Crippen molar-refractivity contribution in [2.75, 3.05) is 13.1 Å². The van der Waals surface area contributed by atoms with E-state index >= 15 is 0 Å². The molecule has 5 heteroatoms. The summed E-state index contributed by atoms with van der Waals surface area (Å²) in [5.41, 5.74) is 0. The fourth-order valence-electron chi connectivity index (χ4n) is 2.10. The topological polar surface area (TPSA) is 69.6 Å². The lowest BCUT2D eigenvalue weighted by atomic mass is 10.0. The van der Waals surface area contributed by atoms with Gasteiger partial charge in [0, 0.05) is 12.6 Å². The Hall–Kier alpha value is -1.10. The molecule has 0 spiro atoms. The van der Waals surface area contributed by atoms with Crippen LogP contribution in [-0.2, 0) is 9.59 Å². The molecule has 0 aromatic carbocycles. The molecule has 1 heterocycles. The first-order valence-electron chi connectivity index (χ1n) is 6.28. The van der Waals surface area contributed by atoms with Crippen molar-refractivity contribution in [2.45, 2.75) is 51.6 Å². The maximum atomic E-state index is 12.2. The Morgan fingerprint density at radius 1 is 1.41 bits per heavy atom. The van der Waals surface area contributed by atoms with E-state index in [1.807, 2.05) is 13.8 Å². The molecule has 0 aromatic rings. The fraction of sp³-hybridized carbons (Fsp3) is 0.833. The summed E-state index contributed by atoms with van der Waals surface area (Å²) in [5, 5.41) is 11.9. The van der Waals surface area contributed by atoms with Gasteiger partial charge in [0.05, 0.1) is 12.5 Å². The molecule has 0 bridgehead atoms. The molecule has 1 fully saturated rings. The van der Waals surface area contributed by atoms with Crippen LogP contribution in [0.25, 0.3) is 0 Å². The van der Waals surface area contributed by atoms with Gasteiger partial charge in [-0.2, -0.15) is 0 Å². The van der Waals surface area contributed by atoms with Gasteiger partial charge in [-0.1, -0.05) is 6.42 Å². The molecular weight excluding hydrogens is 220 g/mol. The van der Waals surface area contributed by atoms with Gasteiger partial charge < -0.3 is 15.3 Å². The third-order valence-corrected chi connectivity index (χ3v) is 3.08. The number of aliphatic carboxylic acids is 1. The minimum Gasteiger partial charge on any atom is -0.481 e. The van der Waals surface area contributed by atoms with Gasteiger partial charge in [-0.3, -0.25) is 9.59 Å². The van der Waals surface area contributed by atoms with Crippen LogP contribution in [0, 0.1) is 0 Å². The van der Waals surface area contributed by atoms with Crippen molar-refractivity contribution >= 4 is 11.9 Å². The molecule has 0 aromatic heterocycles. The van der Waals surface area contributed by atoms with E-state index < -0.39 is 5.97 Å². The number of carboxylic acids is 1. The normalized spacial score (nSPS) is 20.3. The number of carboxylic acid groups (broad SMARTS) is 1. The van der Waals surface area contributed by atoms with Crippen LogP contribution in [0.15, 0.2) is 0 Å². The van der Waals surface area contributed by atoms with Gasteiger partial charge in [-0.05, 0) is 33.2 Å². The number of rotatable bonds is 5. The Labute approximate surface area is 102 Å². The number of amides is 1. The highest BCUT2D eigenvalue weighted by Crippen LogP contribution is 2.12. The van der Waals surface area contributed by atoms with Crippen LogP contribution in [0.4, 0.5) is 0 Å². The number of nitrogens with zero attached hydrogens (tertiary/aromatic N) is 1. The Bertz CT molecular complexity index is 273. The van der Waals surface area contributed by atoms with Crippen LogP contribution in [0.5, 0.6) is 0 Å².